The van der Waals surface area contributed by atoms with Gasteiger partial charge in [-0.05, 0) is 37.1 Å². The van der Waals surface area contributed by atoms with E-state index in [2.05, 4.69) is 17.6 Å². The van der Waals surface area contributed by atoms with Gasteiger partial charge in [-0.1, -0.05) is 50.1 Å². The van der Waals surface area contributed by atoms with Crippen molar-refractivity contribution in [1.82, 2.24) is 10.6 Å². The summed E-state index contributed by atoms with van der Waals surface area (Å²) in [6.45, 7) is 2.97. The van der Waals surface area contributed by atoms with Crippen LogP contribution in [0.3, 0.4) is 0 Å². The van der Waals surface area contributed by atoms with Crippen LogP contribution >= 0.6 is 11.8 Å². The number of hydrogen-bond donors (Lipinski definition) is 5. The van der Waals surface area contributed by atoms with Gasteiger partial charge >= 0.3 is 0 Å². The van der Waals surface area contributed by atoms with Crippen molar-refractivity contribution in [3.63, 3.8) is 0 Å². The molecule has 0 radical (unpaired) electrons. The maximum Gasteiger partial charge on any atom is 0.237 e. The molecule has 3 rings (SSSR count). The molecule has 2 saturated heterocycles. The Labute approximate surface area is 182 Å². The first kappa shape index (κ1) is 23.5. The van der Waals surface area contributed by atoms with Gasteiger partial charge in [-0.15, -0.1) is 11.8 Å². The molecule has 8 heteroatoms. The fraction of sp³-hybridized carbons (Fsp3) is 0.682. The summed E-state index contributed by atoms with van der Waals surface area (Å²) in [7, 11) is 0. The molecule has 1 amide bonds. The van der Waals surface area contributed by atoms with Crippen LogP contribution in [0.2, 0.25) is 0 Å². The molecule has 0 spiro atoms. The standard InChI is InChI=1S/C22H34N2O5S/c1-3-7-13-10-11-23-15(12-13)21(28)24-16(14-8-5-4-6-9-14)20-18(26)17(25)19(27)22(29-20)30-2/h4-6,8-9,13,15-20,22-23,25-27H,3,7,10-12H2,1-2H3,(H,24,28)/t13?,15?,16?,17-,18+,19+,20+,22+/m0/s1. The van der Waals surface area contributed by atoms with Crippen molar-refractivity contribution in [3.8, 4) is 0 Å². The normalized spacial score (nSPS) is 35.6. The highest BCUT2D eigenvalue weighted by molar-refractivity contribution is 7.99. The van der Waals surface area contributed by atoms with E-state index >= 15 is 0 Å². The van der Waals surface area contributed by atoms with Crippen molar-refractivity contribution in [2.75, 3.05) is 12.8 Å². The Hall–Kier alpha value is -1.16. The Morgan fingerprint density at radius 1 is 1.23 bits per heavy atom. The van der Waals surface area contributed by atoms with Crippen LogP contribution in [0.1, 0.15) is 44.2 Å². The van der Waals surface area contributed by atoms with Crippen LogP contribution in [0.5, 0.6) is 0 Å². The van der Waals surface area contributed by atoms with Crippen molar-refractivity contribution in [2.45, 2.75) is 74.5 Å². The molecule has 1 aromatic carbocycles. The summed E-state index contributed by atoms with van der Waals surface area (Å²) in [5.41, 5.74) is 0.0810. The maximum absolute atomic E-state index is 13.2. The molecule has 2 aliphatic heterocycles. The first-order valence-corrected chi connectivity index (χ1v) is 12.1. The van der Waals surface area contributed by atoms with E-state index < -0.39 is 35.9 Å². The Morgan fingerprint density at radius 2 is 1.97 bits per heavy atom. The van der Waals surface area contributed by atoms with Gasteiger partial charge in [-0.3, -0.25) is 4.79 Å². The van der Waals surface area contributed by atoms with Gasteiger partial charge in [0.05, 0.1) is 12.1 Å². The number of rotatable bonds is 7. The average molecular weight is 439 g/mol. The van der Waals surface area contributed by atoms with Crippen LogP contribution in [0.25, 0.3) is 0 Å². The zero-order chi connectivity index (χ0) is 21.7. The monoisotopic (exact) mass is 438 g/mol. The van der Waals surface area contributed by atoms with Gasteiger partial charge in [0.15, 0.2) is 0 Å². The van der Waals surface area contributed by atoms with Crippen molar-refractivity contribution < 1.29 is 24.9 Å². The number of nitrogens with one attached hydrogen (secondary N) is 2. The Morgan fingerprint density at radius 3 is 2.63 bits per heavy atom. The van der Waals surface area contributed by atoms with E-state index in [1.807, 2.05) is 30.3 Å². The Bertz CT molecular complexity index is 675. The molecular formula is C22H34N2O5S. The van der Waals surface area contributed by atoms with Gasteiger partial charge in [0.25, 0.3) is 0 Å². The van der Waals surface area contributed by atoms with Crippen molar-refractivity contribution in [1.29, 1.82) is 0 Å². The third-order valence-electron chi connectivity index (χ3n) is 6.15. The number of benzene rings is 1. The van der Waals surface area contributed by atoms with Gasteiger partial charge < -0.3 is 30.7 Å². The van der Waals surface area contributed by atoms with E-state index in [-0.39, 0.29) is 11.9 Å². The quantitative estimate of drug-likeness (QED) is 0.435. The number of thioether (sulfide) groups is 1. The largest absolute Gasteiger partial charge is 0.387 e. The van der Waals surface area contributed by atoms with Gasteiger partial charge in [0.2, 0.25) is 5.91 Å². The highest BCUT2D eigenvalue weighted by Gasteiger charge is 2.47. The third-order valence-corrected chi connectivity index (χ3v) is 7.00. The number of ether oxygens (including phenoxy) is 1. The topological polar surface area (TPSA) is 111 Å². The van der Waals surface area contributed by atoms with Gasteiger partial charge in [-0.25, -0.2) is 0 Å². The van der Waals surface area contributed by atoms with Crippen LogP contribution in [0.15, 0.2) is 30.3 Å². The molecular weight excluding hydrogens is 404 g/mol. The molecule has 8 atom stereocenters. The summed E-state index contributed by atoms with van der Waals surface area (Å²) in [6.07, 6.45) is 1.06. The molecule has 3 unspecified atom stereocenters. The second kappa shape index (κ2) is 10.9. The average Bonchev–Trinajstić information content (AvgIpc) is 2.77. The molecule has 0 aliphatic carbocycles. The fourth-order valence-corrected chi connectivity index (χ4v) is 5.16. The van der Waals surface area contributed by atoms with Crippen LogP contribution in [-0.4, -0.2) is 69.9 Å². The zero-order valence-corrected chi connectivity index (χ0v) is 18.4. The second-order valence-corrected chi connectivity index (χ2v) is 9.20. The van der Waals surface area contributed by atoms with E-state index in [9.17, 15) is 20.1 Å². The smallest absolute Gasteiger partial charge is 0.237 e. The minimum Gasteiger partial charge on any atom is -0.387 e. The molecule has 0 bridgehead atoms. The summed E-state index contributed by atoms with van der Waals surface area (Å²) < 4.78 is 5.96. The van der Waals surface area contributed by atoms with Gasteiger partial charge in [0, 0.05) is 0 Å². The van der Waals surface area contributed by atoms with Crippen LogP contribution in [0, 0.1) is 5.92 Å². The summed E-state index contributed by atoms with van der Waals surface area (Å²) in [5.74, 6) is 0.387. The fourth-order valence-electron chi connectivity index (χ4n) is 4.48. The number of carbonyl (C=O) groups excluding carboxylic acids is 1. The molecule has 2 fully saturated rings. The zero-order valence-electron chi connectivity index (χ0n) is 17.6. The lowest BCUT2D eigenvalue weighted by molar-refractivity contribution is -0.206. The van der Waals surface area contributed by atoms with E-state index in [0.717, 1.165) is 37.8 Å². The molecule has 30 heavy (non-hydrogen) atoms. The predicted molar refractivity (Wildman–Crippen MR) is 117 cm³/mol. The number of piperidine rings is 1. The van der Waals surface area contributed by atoms with Gasteiger partial charge in [0.1, 0.15) is 29.9 Å². The first-order chi connectivity index (χ1) is 14.5. The van der Waals surface area contributed by atoms with Crippen LogP contribution in [0.4, 0.5) is 0 Å². The van der Waals surface area contributed by atoms with Crippen molar-refractivity contribution >= 4 is 17.7 Å². The number of amides is 1. The molecule has 0 aromatic heterocycles. The number of carbonyl (C=O) groups is 1. The molecule has 1 aromatic rings. The van der Waals surface area contributed by atoms with Gasteiger partial charge in [-0.2, -0.15) is 0 Å². The minimum atomic E-state index is -1.36. The van der Waals surface area contributed by atoms with Crippen LogP contribution < -0.4 is 10.6 Å². The second-order valence-electron chi connectivity index (χ2n) is 8.26. The Balaban J connectivity index is 1.80. The highest BCUT2D eigenvalue weighted by Crippen LogP contribution is 2.34. The molecule has 2 heterocycles. The number of aliphatic hydroxyl groups is 3. The van der Waals surface area contributed by atoms with Crippen LogP contribution in [-0.2, 0) is 9.53 Å². The minimum absolute atomic E-state index is 0.137. The third kappa shape index (κ3) is 5.36. The molecule has 5 N–H and O–H groups in total. The number of hydrogen-bond acceptors (Lipinski definition) is 7. The lowest BCUT2D eigenvalue weighted by atomic mass is 9.87. The summed E-state index contributed by atoms with van der Waals surface area (Å²) in [5, 5.41) is 37.6. The summed E-state index contributed by atoms with van der Waals surface area (Å²) in [6, 6.07) is 8.37. The van der Waals surface area contributed by atoms with Crippen molar-refractivity contribution in [2.24, 2.45) is 5.92 Å². The Kier molecular flexibility index (Phi) is 8.56. The van der Waals surface area contributed by atoms with E-state index in [4.69, 9.17) is 4.74 Å². The van der Waals surface area contributed by atoms with E-state index in [1.165, 1.54) is 11.8 Å². The molecule has 0 saturated carbocycles. The molecule has 7 nitrogen and oxygen atoms in total. The molecule has 2 aliphatic rings. The summed E-state index contributed by atoms with van der Waals surface area (Å²) in [4.78, 5) is 13.2. The molecule has 168 valence electrons. The lowest BCUT2D eigenvalue weighted by Gasteiger charge is -2.43. The predicted octanol–water partition coefficient (Wildman–Crippen LogP) is 1.18. The lowest BCUT2D eigenvalue weighted by Crippen LogP contribution is -2.61. The SMILES string of the molecule is CCCC1CCNC(C(=O)NC(c2ccccc2)[C@H]2O[C@H](SC)[C@H](O)[C@@H](O)[C@H]2O)C1. The number of aliphatic hydroxyl groups excluding tert-OH is 3. The first-order valence-electron chi connectivity index (χ1n) is 10.8. The highest BCUT2D eigenvalue weighted by atomic mass is 32.2. The van der Waals surface area contributed by atoms with E-state index in [0.29, 0.717) is 5.92 Å². The summed E-state index contributed by atoms with van der Waals surface area (Å²) >= 11 is 1.26. The van der Waals surface area contributed by atoms with Crippen molar-refractivity contribution in [3.05, 3.63) is 35.9 Å². The van der Waals surface area contributed by atoms with E-state index in [1.54, 1.807) is 6.26 Å². The maximum atomic E-state index is 13.2.